The second-order valence-corrected chi connectivity index (χ2v) is 21.7. The van der Waals surface area contributed by atoms with Crippen molar-refractivity contribution in [3.05, 3.63) is 85.1 Å². The molecule has 0 aliphatic heterocycles. The van der Waals surface area contributed by atoms with Crippen LogP contribution in [0, 0.1) is 0 Å². The lowest BCUT2D eigenvalue weighted by Crippen LogP contribution is -2.30. The van der Waals surface area contributed by atoms with Gasteiger partial charge in [0.15, 0.2) is 6.10 Å². The van der Waals surface area contributed by atoms with Gasteiger partial charge in [-0.1, -0.05) is 273 Å². The molecule has 1 unspecified atom stereocenters. The number of allylic oxidation sites excluding steroid dienone is 14. The van der Waals surface area contributed by atoms with Crippen molar-refractivity contribution in [2.24, 2.45) is 0 Å². The maximum atomic E-state index is 12.9. The summed E-state index contributed by atoms with van der Waals surface area (Å²) in [5.41, 5.74) is 0. The molecule has 0 bridgehead atoms. The van der Waals surface area contributed by atoms with Crippen LogP contribution >= 0.6 is 0 Å². The van der Waals surface area contributed by atoms with E-state index in [-0.39, 0.29) is 31.1 Å². The van der Waals surface area contributed by atoms with Crippen molar-refractivity contribution in [3.63, 3.8) is 0 Å². The Morgan fingerprint density at radius 1 is 0.263 bits per heavy atom. The SMILES string of the molecule is CCC/C=C\CCCCCCCC(=O)OCC(COC(=O)CCCCCCCCCCCCCCCC/C=C\C/C=C\C/C=C\CCCCCCC)OC(=O)CCCCCCCC/C=C\C/C=C\C/C=C\CCCCC. The first-order valence-electron chi connectivity index (χ1n) is 32.6. The van der Waals surface area contributed by atoms with Crippen LogP contribution in [-0.4, -0.2) is 37.2 Å². The van der Waals surface area contributed by atoms with E-state index in [4.69, 9.17) is 14.2 Å². The van der Waals surface area contributed by atoms with Crippen LogP contribution in [0.5, 0.6) is 0 Å². The number of carbonyl (C=O) groups excluding carboxylic acids is 3. The highest BCUT2D eigenvalue weighted by molar-refractivity contribution is 5.71. The van der Waals surface area contributed by atoms with E-state index in [2.05, 4.69) is 106 Å². The van der Waals surface area contributed by atoms with Crippen LogP contribution in [0.2, 0.25) is 0 Å². The Morgan fingerprint density at radius 2 is 0.500 bits per heavy atom. The average Bonchev–Trinajstić information content (AvgIpc) is 3.42. The van der Waals surface area contributed by atoms with E-state index >= 15 is 0 Å². The lowest BCUT2D eigenvalue weighted by atomic mass is 10.0. The average molecular weight is 1060 g/mol. The number of hydrogen-bond acceptors (Lipinski definition) is 6. The highest BCUT2D eigenvalue weighted by Crippen LogP contribution is 2.16. The minimum Gasteiger partial charge on any atom is -0.462 e. The van der Waals surface area contributed by atoms with Crippen molar-refractivity contribution in [2.75, 3.05) is 13.2 Å². The van der Waals surface area contributed by atoms with E-state index in [0.717, 1.165) is 109 Å². The number of esters is 3. The minimum atomic E-state index is -0.787. The Bertz CT molecular complexity index is 1450. The quantitative estimate of drug-likeness (QED) is 0.0261. The van der Waals surface area contributed by atoms with Crippen LogP contribution < -0.4 is 0 Å². The molecule has 0 rings (SSSR count). The predicted octanol–water partition coefficient (Wildman–Crippen LogP) is 22.3. The molecule has 0 fully saturated rings. The number of rotatable bonds is 59. The molecule has 0 radical (unpaired) electrons. The zero-order valence-corrected chi connectivity index (χ0v) is 50.3. The first-order valence-corrected chi connectivity index (χ1v) is 32.6. The van der Waals surface area contributed by atoms with Crippen LogP contribution in [0.4, 0.5) is 0 Å². The molecule has 0 aromatic heterocycles. The number of carbonyl (C=O) groups is 3. The van der Waals surface area contributed by atoms with Gasteiger partial charge in [0, 0.05) is 19.3 Å². The van der Waals surface area contributed by atoms with Gasteiger partial charge in [-0.15, -0.1) is 0 Å². The van der Waals surface area contributed by atoms with Gasteiger partial charge in [0.1, 0.15) is 13.2 Å². The Morgan fingerprint density at radius 3 is 0.829 bits per heavy atom. The first kappa shape index (κ1) is 72.6. The molecule has 0 aliphatic carbocycles. The van der Waals surface area contributed by atoms with Gasteiger partial charge in [-0.2, -0.15) is 0 Å². The van der Waals surface area contributed by atoms with Crippen molar-refractivity contribution < 1.29 is 28.6 Å². The van der Waals surface area contributed by atoms with Crippen molar-refractivity contribution in [3.8, 4) is 0 Å². The molecule has 0 N–H and O–H groups in total. The van der Waals surface area contributed by atoms with E-state index in [0.29, 0.717) is 19.3 Å². The number of unbranched alkanes of at least 4 members (excludes halogenated alkanes) is 34. The summed E-state index contributed by atoms with van der Waals surface area (Å²) in [6, 6.07) is 0. The molecule has 0 aromatic carbocycles. The smallest absolute Gasteiger partial charge is 0.306 e. The van der Waals surface area contributed by atoms with Crippen LogP contribution in [-0.2, 0) is 28.6 Å². The van der Waals surface area contributed by atoms with Crippen molar-refractivity contribution in [2.45, 2.75) is 329 Å². The van der Waals surface area contributed by atoms with Gasteiger partial charge in [-0.25, -0.2) is 0 Å². The summed E-state index contributed by atoms with van der Waals surface area (Å²) in [5.74, 6) is -0.898. The minimum absolute atomic E-state index is 0.0836. The van der Waals surface area contributed by atoms with E-state index in [1.165, 1.54) is 173 Å². The molecular weight excluding hydrogens is 937 g/mol. The molecule has 6 nitrogen and oxygen atoms in total. The number of ether oxygens (including phenoxy) is 3. The topological polar surface area (TPSA) is 78.9 Å². The van der Waals surface area contributed by atoms with Crippen LogP contribution in [0.1, 0.15) is 323 Å². The monoisotopic (exact) mass is 1060 g/mol. The molecule has 0 aromatic rings. The number of hydrogen-bond donors (Lipinski definition) is 0. The molecule has 0 saturated carbocycles. The fraction of sp³-hybridized carbons (Fsp3) is 0.757. The largest absolute Gasteiger partial charge is 0.462 e. The Labute approximate surface area is 471 Å². The normalized spacial score (nSPS) is 12.6. The summed E-state index contributed by atoms with van der Waals surface area (Å²) >= 11 is 0. The van der Waals surface area contributed by atoms with Crippen LogP contribution in [0.25, 0.3) is 0 Å². The molecule has 0 amide bonds. The van der Waals surface area contributed by atoms with Crippen molar-refractivity contribution >= 4 is 17.9 Å². The fourth-order valence-electron chi connectivity index (χ4n) is 9.17. The van der Waals surface area contributed by atoms with Crippen LogP contribution in [0.3, 0.4) is 0 Å². The second kappa shape index (κ2) is 64.1. The summed E-state index contributed by atoms with van der Waals surface area (Å²) < 4.78 is 16.9. The summed E-state index contributed by atoms with van der Waals surface area (Å²) in [4.78, 5) is 38.2. The lowest BCUT2D eigenvalue weighted by Gasteiger charge is -2.18. The van der Waals surface area contributed by atoms with Gasteiger partial charge >= 0.3 is 17.9 Å². The maximum Gasteiger partial charge on any atom is 0.306 e. The van der Waals surface area contributed by atoms with Gasteiger partial charge in [0.05, 0.1) is 0 Å². The Hall–Kier alpha value is -3.41. The van der Waals surface area contributed by atoms with E-state index in [9.17, 15) is 14.4 Å². The predicted molar refractivity (Wildman–Crippen MR) is 330 cm³/mol. The Kier molecular flexibility index (Phi) is 61.2. The molecule has 1 atom stereocenters. The summed E-state index contributed by atoms with van der Waals surface area (Å²) in [6.07, 6.45) is 84.6. The summed E-state index contributed by atoms with van der Waals surface area (Å²) in [6.45, 7) is 6.55. The third-order valence-corrected chi connectivity index (χ3v) is 14.1. The second-order valence-electron chi connectivity index (χ2n) is 21.7. The van der Waals surface area contributed by atoms with E-state index < -0.39 is 6.10 Å². The molecule has 0 heterocycles. The van der Waals surface area contributed by atoms with Crippen molar-refractivity contribution in [1.82, 2.24) is 0 Å². The van der Waals surface area contributed by atoms with Gasteiger partial charge in [-0.05, 0) is 116 Å². The molecule has 6 heteroatoms. The molecule has 0 spiro atoms. The molecule has 438 valence electrons. The highest BCUT2D eigenvalue weighted by Gasteiger charge is 2.19. The zero-order chi connectivity index (χ0) is 55.0. The van der Waals surface area contributed by atoms with Crippen LogP contribution in [0.15, 0.2) is 85.1 Å². The third kappa shape index (κ3) is 61.4. The van der Waals surface area contributed by atoms with Gasteiger partial charge in [0.25, 0.3) is 0 Å². The van der Waals surface area contributed by atoms with E-state index in [1.807, 2.05) is 0 Å². The fourth-order valence-corrected chi connectivity index (χ4v) is 9.17. The zero-order valence-electron chi connectivity index (χ0n) is 50.3. The lowest BCUT2D eigenvalue weighted by molar-refractivity contribution is -0.167. The van der Waals surface area contributed by atoms with E-state index in [1.54, 1.807) is 0 Å². The standard InChI is InChI=1S/C70H122O6/c1-4-7-10-13-16-19-22-24-26-28-30-31-32-33-34-35-36-37-38-39-41-42-44-46-48-51-54-57-60-63-69(72)75-66-67(65-74-68(71)62-59-56-53-50-21-18-15-12-9-6-3)76-70(73)64-61-58-55-52-49-47-45-43-40-29-27-25-23-20-17-14-11-8-5-2/h12,15,17,20,22,24-25,27-28,30,32-33,40,43,67H,4-11,13-14,16,18-19,21,23,26,29,31,34-39,41-42,44-66H2,1-3H3/b15-12-,20-17-,24-22-,27-25-,30-28-,33-32-,43-40-. The third-order valence-electron chi connectivity index (χ3n) is 14.1. The summed E-state index contributed by atoms with van der Waals surface area (Å²) in [5, 5.41) is 0. The molecule has 0 aliphatic rings. The molecule has 0 saturated heterocycles. The maximum absolute atomic E-state index is 12.9. The van der Waals surface area contributed by atoms with Gasteiger partial charge in [-0.3, -0.25) is 14.4 Å². The van der Waals surface area contributed by atoms with Crippen molar-refractivity contribution in [1.29, 1.82) is 0 Å². The molecule has 76 heavy (non-hydrogen) atoms. The summed E-state index contributed by atoms with van der Waals surface area (Å²) in [7, 11) is 0. The first-order chi connectivity index (χ1) is 37.5. The van der Waals surface area contributed by atoms with Gasteiger partial charge < -0.3 is 14.2 Å². The highest BCUT2D eigenvalue weighted by atomic mass is 16.6. The molecular formula is C70H122O6. The van der Waals surface area contributed by atoms with Gasteiger partial charge in [0.2, 0.25) is 0 Å². The Balaban J connectivity index is 4.21.